The second-order valence-corrected chi connectivity index (χ2v) is 8.59. The number of nitrogens with one attached hydrogen (secondary N) is 1. The van der Waals surface area contributed by atoms with Crippen LogP contribution in [0.15, 0.2) is 78.0 Å². The summed E-state index contributed by atoms with van der Waals surface area (Å²) in [6, 6.07) is 22.0. The van der Waals surface area contributed by atoms with Crippen molar-refractivity contribution in [3.05, 3.63) is 83.6 Å². The van der Waals surface area contributed by atoms with Crippen molar-refractivity contribution in [3.8, 4) is 22.9 Å². The molecule has 0 aliphatic rings. The summed E-state index contributed by atoms with van der Waals surface area (Å²) in [5, 5.41) is 12.5. The van der Waals surface area contributed by atoms with Gasteiger partial charge in [-0.25, -0.2) is 0 Å². The number of amides is 1. The summed E-state index contributed by atoms with van der Waals surface area (Å²) in [5.74, 6) is 2.44. The summed E-state index contributed by atoms with van der Waals surface area (Å²) >= 11 is 7.32. The monoisotopic (exact) mass is 510 g/mol. The number of rotatable bonds is 10. The summed E-state index contributed by atoms with van der Waals surface area (Å²) in [6.45, 7) is 0.195. The number of carbonyl (C=O) groups is 1. The van der Waals surface area contributed by atoms with E-state index in [1.165, 1.54) is 18.9 Å². The number of ether oxygens (including phenoxy) is 3. The van der Waals surface area contributed by atoms with Gasteiger partial charge in [-0.05, 0) is 54.6 Å². The normalized spacial score (nSPS) is 10.6. The molecule has 8 nitrogen and oxygen atoms in total. The van der Waals surface area contributed by atoms with Gasteiger partial charge >= 0.3 is 0 Å². The molecule has 1 N–H and O–H groups in total. The van der Waals surface area contributed by atoms with Crippen molar-refractivity contribution < 1.29 is 19.0 Å². The number of methoxy groups -OCH3 is 2. The summed E-state index contributed by atoms with van der Waals surface area (Å²) in [7, 11) is 3.15. The van der Waals surface area contributed by atoms with Crippen molar-refractivity contribution in [2.45, 2.75) is 11.8 Å². The summed E-state index contributed by atoms with van der Waals surface area (Å²) in [4.78, 5) is 12.7. The lowest BCUT2D eigenvalue weighted by Crippen LogP contribution is -2.15. The number of anilines is 1. The molecular weight excluding hydrogens is 488 g/mol. The van der Waals surface area contributed by atoms with Crippen LogP contribution >= 0.6 is 23.4 Å². The van der Waals surface area contributed by atoms with Gasteiger partial charge in [-0.1, -0.05) is 41.6 Å². The van der Waals surface area contributed by atoms with Crippen molar-refractivity contribution >= 4 is 35.0 Å². The van der Waals surface area contributed by atoms with Crippen LogP contribution in [0.25, 0.3) is 5.69 Å². The van der Waals surface area contributed by atoms with E-state index in [0.717, 1.165) is 11.4 Å². The molecule has 0 spiro atoms. The molecule has 1 amide bonds. The first-order valence-electron chi connectivity index (χ1n) is 10.6. The zero-order valence-corrected chi connectivity index (χ0v) is 20.7. The fraction of sp³-hybridized carbons (Fsp3) is 0.160. The smallest absolute Gasteiger partial charge is 0.234 e. The van der Waals surface area contributed by atoms with E-state index in [0.29, 0.717) is 33.2 Å². The largest absolute Gasteiger partial charge is 0.497 e. The second kappa shape index (κ2) is 11.6. The third-order valence-electron chi connectivity index (χ3n) is 4.91. The molecular formula is C25H23ClN4O4S. The molecule has 1 heterocycles. The number of aromatic nitrogens is 3. The Balaban J connectivity index is 1.49. The lowest BCUT2D eigenvalue weighted by Gasteiger charge is -2.12. The number of hydrogen-bond acceptors (Lipinski definition) is 7. The lowest BCUT2D eigenvalue weighted by atomic mass is 10.3. The van der Waals surface area contributed by atoms with Crippen LogP contribution in [0.5, 0.6) is 17.2 Å². The summed E-state index contributed by atoms with van der Waals surface area (Å²) in [5.41, 5.74) is 1.37. The van der Waals surface area contributed by atoms with Crippen LogP contribution in [-0.2, 0) is 11.4 Å². The molecule has 0 aliphatic carbocycles. The fourth-order valence-electron chi connectivity index (χ4n) is 3.24. The first-order valence-corrected chi connectivity index (χ1v) is 12.0. The molecule has 0 bridgehead atoms. The number of halogens is 1. The van der Waals surface area contributed by atoms with Gasteiger partial charge < -0.3 is 19.5 Å². The average molecular weight is 511 g/mol. The zero-order chi connectivity index (χ0) is 24.6. The third kappa shape index (κ3) is 6.26. The molecule has 35 heavy (non-hydrogen) atoms. The standard InChI is InChI=1S/C25H23ClN4O4S/c1-32-19-9-11-20(12-10-19)34-15-23-28-29-25(30(23)18-6-4-3-5-7-18)35-16-24(31)27-21-14-17(26)8-13-22(21)33-2/h3-14H,15-16H2,1-2H3,(H,27,31). The van der Waals surface area contributed by atoms with Crippen LogP contribution < -0.4 is 19.5 Å². The Bertz CT molecular complexity index is 1280. The molecule has 0 unspecified atom stereocenters. The minimum Gasteiger partial charge on any atom is -0.497 e. The maximum absolute atomic E-state index is 12.7. The highest BCUT2D eigenvalue weighted by Gasteiger charge is 2.17. The van der Waals surface area contributed by atoms with Gasteiger partial charge in [-0.3, -0.25) is 9.36 Å². The van der Waals surface area contributed by atoms with Gasteiger partial charge in [-0.2, -0.15) is 0 Å². The lowest BCUT2D eigenvalue weighted by molar-refractivity contribution is -0.113. The molecule has 4 rings (SSSR count). The number of thioether (sulfide) groups is 1. The quantitative estimate of drug-likeness (QED) is 0.291. The van der Waals surface area contributed by atoms with Crippen LogP contribution in [0.1, 0.15) is 5.82 Å². The van der Waals surface area contributed by atoms with Gasteiger partial charge in [0.1, 0.15) is 23.9 Å². The first-order chi connectivity index (χ1) is 17.1. The van der Waals surface area contributed by atoms with E-state index >= 15 is 0 Å². The van der Waals surface area contributed by atoms with Gasteiger partial charge in [0.25, 0.3) is 0 Å². The number of para-hydroxylation sites is 1. The first kappa shape index (κ1) is 24.4. The van der Waals surface area contributed by atoms with Gasteiger partial charge in [0, 0.05) is 10.7 Å². The van der Waals surface area contributed by atoms with Crippen LogP contribution in [0.3, 0.4) is 0 Å². The van der Waals surface area contributed by atoms with E-state index in [9.17, 15) is 4.79 Å². The highest BCUT2D eigenvalue weighted by molar-refractivity contribution is 7.99. The van der Waals surface area contributed by atoms with E-state index < -0.39 is 0 Å². The summed E-state index contributed by atoms with van der Waals surface area (Å²) < 4.78 is 18.3. The molecule has 3 aromatic carbocycles. The highest BCUT2D eigenvalue weighted by Crippen LogP contribution is 2.29. The number of nitrogens with zero attached hydrogens (tertiary/aromatic N) is 3. The Morgan fingerprint density at radius 1 is 0.971 bits per heavy atom. The summed E-state index contributed by atoms with van der Waals surface area (Å²) in [6.07, 6.45) is 0. The third-order valence-corrected chi connectivity index (χ3v) is 6.07. The minimum atomic E-state index is -0.228. The van der Waals surface area contributed by atoms with E-state index in [4.69, 9.17) is 25.8 Å². The highest BCUT2D eigenvalue weighted by atomic mass is 35.5. The Labute approximate surface area is 212 Å². The van der Waals surface area contributed by atoms with Gasteiger partial charge in [0.15, 0.2) is 11.0 Å². The van der Waals surface area contributed by atoms with Crippen LogP contribution in [0.2, 0.25) is 5.02 Å². The Kier molecular flexibility index (Phi) is 8.12. The van der Waals surface area contributed by atoms with Crippen LogP contribution in [-0.4, -0.2) is 40.6 Å². The van der Waals surface area contributed by atoms with Crippen molar-refractivity contribution in [2.75, 3.05) is 25.3 Å². The van der Waals surface area contributed by atoms with Crippen LogP contribution in [0, 0.1) is 0 Å². The van der Waals surface area contributed by atoms with Crippen molar-refractivity contribution in [2.24, 2.45) is 0 Å². The molecule has 0 saturated carbocycles. The minimum absolute atomic E-state index is 0.111. The average Bonchev–Trinajstić information content (AvgIpc) is 3.30. The van der Waals surface area contributed by atoms with E-state index in [1.807, 2.05) is 59.2 Å². The number of benzene rings is 3. The fourth-order valence-corrected chi connectivity index (χ4v) is 4.18. The van der Waals surface area contributed by atoms with E-state index in [-0.39, 0.29) is 18.3 Å². The maximum atomic E-state index is 12.7. The molecule has 0 fully saturated rings. The molecule has 4 aromatic rings. The molecule has 10 heteroatoms. The molecule has 1 aromatic heterocycles. The molecule has 180 valence electrons. The molecule has 0 saturated heterocycles. The van der Waals surface area contributed by atoms with Gasteiger partial charge in [0.2, 0.25) is 5.91 Å². The van der Waals surface area contributed by atoms with E-state index in [1.54, 1.807) is 25.3 Å². The number of carbonyl (C=O) groups excluding carboxylic acids is 1. The SMILES string of the molecule is COc1ccc(OCc2nnc(SCC(=O)Nc3cc(Cl)ccc3OC)n2-c2ccccc2)cc1. The van der Waals surface area contributed by atoms with Crippen LogP contribution in [0.4, 0.5) is 5.69 Å². The van der Waals surface area contributed by atoms with Gasteiger partial charge in [0.05, 0.1) is 25.7 Å². The Morgan fingerprint density at radius 3 is 2.43 bits per heavy atom. The maximum Gasteiger partial charge on any atom is 0.234 e. The molecule has 0 radical (unpaired) electrons. The van der Waals surface area contributed by atoms with Crippen molar-refractivity contribution in [3.63, 3.8) is 0 Å². The topological polar surface area (TPSA) is 87.5 Å². The second-order valence-electron chi connectivity index (χ2n) is 7.22. The number of hydrogen-bond donors (Lipinski definition) is 1. The van der Waals surface area contributed by atoms with E-state index in [2.05, 4.69) is 15.5 Å². The predicted molar refractivity (Wildman–Crippen MR) is 136 cm³/mol. The predicted octanol–water partition coefficient (Wildman–Crippen LogP) is 5.25. The van der Waals surface area contributed by atoms with Gasteiger partial charge in [-0.15, -0.1) is 10.2 Å². The van der Waals surface area contributed by atoms with Crippen molar-refractivity contribution in [1.82, 2.24) is 14.8 Å². The zero-order valence-electron chi connectivity index (χ0n) is 19.1. The molecule has 0 atom stereocenters. The Hall–Kier alpha value is -3.69. The van der Waals surface area contributed by atoms with Crippen molar-refractivity contribution in [1.29, 1.82) is 0 Å². The molecule has 0 aliphatic heterocycles. The Morgan fingerprint density at radius 2 is 1.71 bits per heavy atom.